The summed E-state index contributed by atoms with van der Waals surface area (Å²) in [7, 11) is 0. The van der Waals surface area contributed by atoms with E-state index in [1.807, 2.05) is 24.3 Å². The second kappa shape index (κ2) is 7.47. The number of ether oxygens (including phenoxy) is 3. The fraction of sp³-hybridized carbons (Fsp3) is 0.217. The largest absolute Gasteiger partial charge is 0.454 e. The van der Waals surface area contributed by atoms with Crippen LogP contribution in [0.1, 0.15) is 36.7 Å². The lowest BCUT2D eigenvalue weighted by Crippen LogP contribution is -2.13. The number of carbonyl (C=O) groups is 1. The summed E-state index contributed by atoms with van der Waals surface area (Å²) in [6.07, 6.45) is 1.59. The van der Waals surface area contributed by atoms with Gasteiger partial charge in [0.2, 0.25) is 12.7 Å². The van der Waals surface area contributed by atoms with Gasteiger partial charge in [-0.15, -0.1) is 0 Å². The van der Waals surface area contributed by atoms with Crippen molar-refractivity contribution in [2.45, 2.75) is 26.2 Å². The molecule has 3 aromatic rings. The van der Waals surface area contributed by atoms with Gasteiger partial charge in [0.15, 0.2) is 11.5 Å². The van der Waals surface area contributed by atoms with E-state index in [4.69, 9.17) is 14.2 Å². The number of nitrogens with zero attached hydrogens (tertiary/aromatic N) is 1. The van der Waals surface area contributed by atoms with Gasteiger partial charge in [-0.3, -0.25) is 4.79 Å². The molecular weight excluding hydrogens is 368 g/mol. The molecule has 1 amide bonds. The molecule has 0 saturated carbocycles. The molecule has 0 atom stereocenters. The Balaban J connectivity index is 1.52. The summed E-state index contributed by atoms with van der Waals surface area (Å²) in [6.45, 7) is 6.64. The van der Waals surface area contributed by atoms with Gasteiger partial charge in [0.25, 0.3) is 5.91 Å². The third kappa shape index (κ3) is 4.16. The zero-order valence-electron chi connectivity index (χ0n) is 16.6. The molecule has 1 N–H and O–H groups in total. The Bertz CT molecular complexity index is 1040. The average molecular weight is 390 g/mol. The summed E-state index contributed by atoms with van der Waals surface area (Å²) >= 11 is 0. The van der Waals surface area contributed by atoms with E-state index in [1.165, 1.54) is 5.56 Å². The number of nitrogens with one attached hydrogen (secondary N) is 1. The third-order valence-corrected chi connectivity index (χ3v) is 4.58. The normalized spacial score (nSPS) is 12.5. The van der Waals surface area contributed by atoms with Crippen molar-refractivity contribution in [2.24, 2.45) is 0 Å². The Morgan fingerprint density at radius 2 is 1.79 bits per heavy atom. The summed E-state index contributed by atoms with van der Waals surface area (Å²) in [5, 5.41) is 2.85. The van der Waals surface area contributed by atoms with Gasteiger partial charge < -0.3 is 19.5 Å². The van der Waals surface area contributed by atoms with Gasteiger partial charge in [0, 0.05) is 18.0 Å². The summed E-state index contributed by atoms with van der Waals surface area (Å²) in [5.74, 6) is 1.80. The summed E-state index contributed by atoms with van der Waals surface area (Å²) in [4.78, 5) is 17.0. The maximum atomic E-state index is 12.8. The van der Waals surface area contributed by atoms with Crippen molar-refractivity contribution in [2.75, 3.05) is 12.1 Å². The number of pyridine rings is 1. The number of hydrogen-bond acceptors (Lipinski definition) is 5. The first-order chi connectivity index (χ1) is 13.9. The van der Waals surface area contributed by atoms with Gasteiger partial charge >= 0.3 is 0 Å². The average Bonchev–Trinajstić information content (AvgIpc) is 3.16. The first-order valence-corrected chi connectivity index (χ1v) is 9.34. The van der Waals surface area contributed by atoms with Crippen molar-refractivity contribution < 1.29 is 19.0 Å². The standard InChI is InChI=1S/C23H22N2O4/c1-23(2,3)15-6-9-17(10-7-15)29-22-18(5-4-12-24-22)21(26)25-16-8-11-19-20(13-16)28-14-27-19/h4-13H,14H2,1-3H3,(H,25,26). The Hall–Kier alpha value is -3.54. The molecule has 1 aliphatic rings. The summed E-state index contributed by atoms with van der Waals surface area (Å²) in [5.41, 5.74) is 2.19. The molecule has 6 heteroatoms. The minimum Gasteiger partial charge on any atom is -0.454 e. The first kappa shape index (κ1) is 18.8. The van der Waals surface area contributed by atoms with E-state index in [1.54, 1.807) is 36.5 Å². The van der Waals surface area contributed by atoms with Crippen molar-refractivity contribution in [1.82, 2.24) is 4.98 Å². The Labute approximate surface area is 169 Å². The van der Waals surface area contributed by atoms with Crippen LogP contribution < -0.4 is 19.5 Å². The quantitative estimate of drug-likeness (QED) is 0.667. The molecule has 0 fully saturated rings. The molecular formula is C23H22N2O4. The fourth-order valence-electron chi connectivity index (χ4n) is 2.95. The molecule has 2 aromatic carbocycles. The zero-order valence-corrected chi connectivity index (χ0v) is 16.6. The van der Waals surface area contributed by atoms with Crippen LogP contribution in [0.2, 0.25) is 0 Å². The van der Waals surface area contributed by atoms with Gasteiger partial charge in [-0.1, -0.05) is 32.9 Å². The molecule has 29 heavy (non-hydrogen) atoms. The number of anilines is 1. The van der Waals surface area contributed by atoms with Crippen LogP contribution in [0.4, 0.5) is 5.69 Å². The van der Waals surface area contributed by atoms with E-state index in [9.17, 15) is 4.79 Å². The van der Waals surface area contributed by atoms with Crippen molar-refractivity contribution in [3.63, 3.8) is 0 Å². The number of rotatable bonds is 4. The Morgan fingerprint density at radius 1 is 1.03 bits per heavy atom. The lowest BCUT2D eigenvalue weighted by Gasteiger charge is -2.19. The highest BCUT2D eigenvalue weighted by Crippen LogP contribution is 2.34. The van der Waals surface area contributed by atoms with Crippen LogP contribution in [0, 0.1) is 0 Å². The summed E-state index contributed by atoms with van der Waals surface area (Å²) < 4.78 is 16.5. The molecule has 0 bridgehead atoms. The number of hydrogen-bond donors (Lipinski definition) is 1. The maximum absolute atomic E-state index is 12.8. The molecule has 6 nitrogen and oxygen atoms in total. The molecule has 148 valence electrons. The van der Waals surface area contributed by atoms with Crippen molar-refractivity contribution in [3.8, 4) is 23.1 Å². The van der Waals surface area contributed by atoms with Gasteiger partial charge in [0.1, 0.15) is 11.3 Å². The lowest BCUT2D eigenvalue weighted by atomic mass is 9.87. The van der Waals surface area contributed by atoms with E-state index < -0.39 is 0 Å². The zero-order chi connectivity index (χ0) is 20.4. The van der Waals surface area contributed by atoms with Gasteiger partial charge in [0.05, 0.1) is 0 Å². The van der Waals surface area contributed by atoms with Gasteiger partial charge in [-0.25, -0.2) is 4.98 Å². The highest BCUT2D eigenvalue weighted by molar-refractivity contribution is 6.06. The lowest BCUT2D eigenvalue weighted by molar-refractivity contribution is 0.102. The molecule has 1 aromatic heterocycles. The number of benzene rings is 2. The predicted octanol–water partition coefficient (Wildman–Crippen LogP) is 5.15. The van der Waals surface area contributed by atoms with Crippen LogP contribution in [0.3, 0.4) is 0 Å². The number of aromatic nitrogens is 1. The van der Waals surface area contributed by atoms with E-state index in [0.717, 1.165) is 0 Å². The van der Waals surface area contributed by atoms with E-state index in [2.05, 4.69) is 31.1 Å². The van der Waals surface area contributed by atoms with E-state index in [-0.39, 0.29) is 24.0 Å². The van der Waals surface area contributed by atoms with Crippen molar-refractivity contribution in [3.05, 3.63) is 71.9 Å². The topological polar surface area (TPSA) is 69.7 Å². The number of carbonyl (C=O) groups excluding carboxylic acids is 1. The van der Waals surface area contributed by atoms with Crippen LogP contribution in [0.15, 0.2) is 60.8 Å². The van der Waals surface area contributed by atoms with Gasteiger partial charge in [-0.2, -0.15) is 0 Å². The number of fused-ring (bicyclic) bond motifs is 1. The third-order valence-electron chi connectivity index (χ3n) is 4.58. The van der Waals surface area contributed by atoms with Crippen LogP contribution in [0.5, 0.6) is 23.1 Å². The molecule has 4 rings (SSSR count). The van der Waals surface area contributed by atoms with Crippen LogP contribution in [-0.2, 0) is 5.41 Å². The molecule has 0 spiro atoms. The van der Waals surface area contributed by atoms with Gasteiger partial charge in [-0.05, 0) is 47.4 Å². The summed E-state index contributed by atoms with van der Waals surface area (Å²) in [6, 6.07) is 16.4. The minimum absolute atomic E-state index is 0.0547. The van der Waals surface area contributed by atoms with Crippen LogP contribution in [0.25, 0.3) is 0 Å². The molecule has 0 unspecified atom stereocenters. The molecule has 0 aliphatic carbocycles. The minimum atomic E-state index is -0.321. The van der Waals surface area contributed by atoms with Crippen molar-refractivity contribution in [1.29, 1.82) is 0 Å². The van der Waals surface area contributed by atoms with Crippen LogP contribution >= 0.6 is 0 Å². The molecule has 2 heterocycles. The molecule has 0 radical (unpaired) electrons. The molecule has 1 aliphatic heterocycles. The van der Waals surface area contributed by atoms with E-state index in [0.29, 0.717) is 28.5 Å². The van der Waals surface area contributed by atoms with Crippen molar-refractivity contribution >= 4 is 11.6 Å². The van der Waals surface area contributed by atoms with Crippen LogP contribution in [-0.4, -0.2) is 17.7 Å². The second-order valence-electron chi connectivity index (χ2n) is 7.75. The second-order valence-corrected chi connectivity index (χ2v) is 7.75. The maximum Gasteiger partial charge on any atom is 0.261 e. The monoisotopic (exact) mass is 390 g/mol. The predicted molar refractivity (Wildman–Crippen MR) is 110 cm³/mol. The Morgan fingerprint density at radius 3 is 2.55 bits per heavy atom. The highest BCUT2D eigenvalue weighted by Gasteiger charge is 2.18. The van der Waals surface area contributed by atoms with E-state index >= 15 is 0 Å². The SMILES string of the molecule is CC(C)(C)c1ccc(Oc2ncccc2C(=O)Nc2ccc3c(c2)OCO3)cc1. The Kier molecular flexibility index (Phi) is 4.84. The fourth-order valence-corrected chi connectivity index (χ4v) is 2.95. The first-order valence-electron chi connectivity index (χ1n) is 9.34. The highest BCUT2D eigenvalue weighted by atomic mass is 16.7. The number of amides is 1. The smallest absolute Gasteiger partial charge is 0.261 e. The molecule has 0 saturated heterocycles.